The van der Waals surface area contributed by atoms with Crippen molar-refractivity contribution in [3.8, 4) is 11.5 Å². The fourth-order valence-corrected chi connectivity index (χ4v) is 3.51. The maximum Gasteiger partial charge on any atom is 0.338 e. The first-order valence-electron chi connectivity index (χ1n) is 10.3. The minimum absolute atomic E-state index is 0.0905. The van der Waals surface area contributed by atoms with Crippen LogP contribution in [0.4, 0.5) is 4.79 Å². The van der Waals surface area contributed by atoms with Gasteiger partial charge in [0.05, 0.1) is 25.3 Å². The van der Waals surface area contributed by atoms with Gasteiger partial charge in [-0.1, -0.05) is 56.3 Å². The molecule has 0 aliphatic carbocycles. The van der Waals surface area contributed by atoms with Crippen molar-refractivity contribution in [2.45, 2.75) is 33.4 Å². The molecule has 0 spiro atoms. The second-order valence-electron chi connectivity index (χ2n) is 7.39. The predicted octanol–water partition coefficient (Wildman–Crippen LogP) is 4.10. The average Bonchev–Trinajstić information content (AvgIpc) is 2.77. The Labute approximate surface area is 182 Å². The van der Waals surface area contributed by atoms with E-state index in [1.165, 1.54) is 0 Å². The predicted molar refractivity (Wildman–Crippen MR) is 117 cm³/mol. The normalized spacial score (nSPS) is 15.9. The van der Waals surface area contributed by atoms with Gasteiger partial charge in [0.1, 0.15) is 6.61 Å². The highest BCUT2D eigenvalue weighted by Crippen LogP contribution is 2.40. The largest absolute Gasteiger partial charge is 0.493 e. The van der Waals surface area contributed by atoms with Gasteiger partial charge in [-0.15, -0.1) is 0 Å². The van der Waals surface area contributed by atoms with Crippen molar-refractivity contribution in [2.75, 3.05) is 13.7 Å². The third kappa shape index (κ3) is 4.99. The SMILES string of the molecule is CCOC(=O)C1=C(C(C)C)NC(=O)NC1c1cccc(OC)c1OCc1ccccc1. The van der Waals surface area contributed by atoms with E-state index in [0.717, 1.165) is 5.56 Å². The van der Waals surface area contributed by atoms with Gasteiger partial charge in [0, 0.05) is 11.3 Å². The maximum absolute atomic E-state index is 12.9. The second kappa shape index (κ2) is 10.0. The number of esters is 1. The molecule has 2 amide bonds. The van der Waals surface area contributed by atoms with E-state index in [0.29, 0.717) is 34.9 Å². The molecule has 1 aliphatic rings. The zero-order chi connectivity index (χ0) is 22.4. The molecule has 2 aromatic carbocycles. The zero-order valence-corrected chi connectivity index (χ0v) is 18.2. The molecule has 2 N–H and O–H groups in total. The fraction of sp³-hybridized carbons (Fsp3) is 0.333. The van der Waals surface area contributed by atoms with Crippen LogP contribution in [0.3, 0.4) is 0 Å². The standard InChI is InChI=1S/C24H28N2O5/c1-5-30-23(27)19-20(15(2)3)25-24(28)26-21(19)17-12-9-13-18(29-4)22(17)31-14-16-10-7-6-8-11-16/h6-13,15,21H,5,14H2,1-4H3,(H2,25,26,28). The minimum Gasteiger partial charge on any atom is -0.493 e. The molecular formula is C24H28N2O5. The van der Waals surface area contributed by atoms with Crippen LogP contribution in [-0.4, -0.2) is 25.7 Å². The van der Waals surface area contributed by atoms with Crippen molar-refractivity contribution in [3.63, 3.8) is 0 Å². The number of ether oxygens (including phenoxy) is 3. The fourth-order valence-electron chi connectivity index (χ4n) is 3.51. The van der Waals surface area contributed by atoms with E-state index in [2.05, 4.69) is 10.6 Å². The van der Waals surface area contributed by atoms with Crippen LogP contribution in [0.5, 0.6) is 11.5 Å². The van der Waals surface area contributed by atoms with Gasteiger partial charge in [-0.2, -0.15) is 0 Å². The third-order valence-corrected chi connectivity index (χ3v) is 4.94. The average molecular weight is 424 g/mol. The Morgan fingerprint density at radius 1 is 1.10 bits per heavy atom. The van der Waals surface area contributed by atoms with Gasteiger partial charge in [0.25, 0.3) is 0 Å². The van der Waals surface area contributed by atoms with E-state index in [4.69, 9.17) is 14.2 Å². The molecule has 1 heterocycles. The van der Waals surface area contributed by atoms with Crippen molar-refractivity contribution < 1.29 is 23.8 Å². The lowest BCUT2D eigenvalue weighted by Gasteiger charge is -2.32. The first-order chi connectivity index (χ1) is 15.0. The monoisotopic (exact) mass is 424 g/mol. The van der Waals surface area contributed by atoms with Gasteiger partial charge >= 0.3 is 12.0 Å². The molecule has 31 heavy (non-hydrogen) atoms. The van der Waals surface area contributed by atoms with E-state index in [1.807, 2.05) is 50.2 Å². The Morgan fingerprint density at radius 2 is 1.84 bits per heavy atom. The van der Waals surface area contributed by atoms with E-state index < -0.39 is 18.0 Å². The van der Waals surface area contributed by atoms with Crippen LogP contribution >= 0.6 is 0 Å². The Balaban J connectivity index is 2.09. The molecule has 164 valence electrons. The number of amides is 2. The zero-order valence-electron chi connectivity index (χ0n) is 18.2. The lowest BCUT2D eigenvalue weighted by atomic mass is 9.91. The summed E-state index contributed by atoms with van der Waals surface area (Å²) in [5.74, 6) is 0.397. The smallest absolute Gasteiger partial charge is 0.338 e. The summed E-state index contributed by atoms with van der Waals surface area (Å²) in [7, 11) is 1.55. The van der Waals surface area contributed by atoms with Crippen molar-refractivity contribution >= 4 is 12.0 Å². The summed E-state index contributed by atoms with van der Waals surface area (Å²) in [6.07, 6.45) is 0. The van der Waals surface area contributed by atoms with Crippen molar-refractivity contribution in [1.29, 1.82) is 0 Å². The third-order valence-electron chi connectivity index (χ3n) is 4.94. The molecule has 2 aromatic rings. The van der Waals surface area contributed by atoms with Crippen LogP contribution in [0.1, 0.15) is 37.9 Å². The van der Waals surface area contributed by atoms with Crippen molar-refractivity contribution in [2.24, 2.45) is 5.92 Å². The number of nitrogens with one attached hydrogen (secondary N) is 2. The number of carbonyl (C=O) groups excluding carboxylic acids is 2. The highest BCUT2D eigenvalue weighted by atomic mass is 16.5. The van der Waals surface area contributed by atoms with Gasteiger partial charge in [-0.25, -0.2) is 9.59 Å². The Morgan fingerprint density at radius 3 is 2.48 bits per heavy atom. The number of benzene rings is 2. The molecule has 0 saturated heterocycles. The highest BCUT2D eigenvalue weighted by Gasteiger charge is 2.36. The molecule has 1 unspecified atom stereocenters. The molecule has 0 fully saturated rings. The number of carbonyl (C=O) groups is 2. The number of allylic oxidation sites excluding steroid dienone is 1. The molecule has 1 aliphatic heterocycles. The number of para-hydroxylation sites is 1. The maximum atomic E-state index is 12.9. The van der Waals surface area contributed by atoms with Crippen LogP contribution in [-0.2, 0) is 16.1 Å². The van der Waals surface area contributed by atoms with Crippen molar-refractivity contribution in [1.82, 2.24) is 10.6 Å². The molecule has 7 nitrogen and oxygen atoms in total. The Hall–Kier alpha value is -3.48. The first kappa shape index (κ1) is 22.2. The summed E-state index contributed by atoms with van der Waals surface area (Å²) in [5.41, 5.74) is 2.49. The number of hydrogen-bond donors (Lipinski definition) is 2. The van der Waals surface area contributed by atoms with Crippen LogP contribution in [0.15, 0.2) is 59.8 Å². The molecule has 0 bridgehead atoms. The molecular weight excluding hydrogens is 396 g/mol. The van der Waals surface area contributed by atoms with Gasteiger partial charge in [0.15, 0.2) is 11.5 Å². The summed E-state index contributed by atoms with van der Waals surface area (Å²) in [4.78, 5) is 25.4. The summed E-state index contributed by atoms with van der Waals surface area (Å²) >= 11 is 0. The molecule has 0 radical (unpaired) electrons. The summed E-state index contributed by atoms with van der Waals surface area (Å²) in [6, 6.07) is 14.0. The summed E-state index contributed by atoms with van der Waals surface area (Å²) in [6.45, 7) is 6.11. The van der Waals surface area contributed by atoms with Gasteiger partial charge in [0.2, 0.25) is 0 Å². The number of rotatable bonds is 8. The van der Waals surface area contributed by atoms with E-state index in [9.17, 15) is 9.59 Å². The highest BCUT2D eigenvalue weighted by molar-refractivity contribution is 5.95. The van der Waals surface area contributed by atoms with Gasteiger partial charge < -0.3 is 24.8 Å². The van der Waals surface area contributed by atoms with E-state index in [1.54, 1.807) is 26.2 Å². The Kier molecular flexibility index (Phi) is 7.18. The molecule has 1 atom stereocenters. The van der Waals surface area contributed by atoms with Crippen LogP contribution in [0, 0.1) is 5.92 Å². The van der Waals surface area contributed by atoms with E-state index >= 15 is 0 Å². The number of methoxy groups -OCH3 is 1. The van der Waals surface area contributed by atoms with Gasteiger partial charge in [-0.3, -0.25) is 0 Å². The molecule has 3 rings (SSSR count). The van der Waals surface area contributed by atoms with E-state index in [-0.39, 0.29) is 12.5 Å². The molecule has 0 saturated carbocycles. The van der Waals surface area contributed by atoms with Crippen LogP contribution < -0.4 is 20.1 Å². The molecule has 7 heteroatoms. The van der Waals surface area contributed by atoms with Crippen molar-refractivity contribution in [3.05, 3.63) is 70.9 Å². The molecule has 0 aromatic heterocycles. The van der Waals surface area contributed by atoms with Crippen LogP contribution in [0.2, 0.25) is 0 Å². The van der Waals surface area contributed by atoms with Crippen LogP contribution in [0.25, 0.3) is 0 Å². The quantitative estimate of drug-likeness (QED) is 0.623. The number of hydrogen-bond acceptors (Lipinski definition) is 5. The first-order valence-corrected chi connectivity index (χ1v) is 10.3. The van der Waals surface area contributed by atoms with Gasteiger partial charge in [-0.05, 0) is 24.5 Å². The number of urea groups is 1. The topological polar surface area (TPSA) is 85.9 Å². The second-order valence-corrected chi connectivity index (χ2v) is 7.39. The summed E-state index contributed by atoms with van der Waals surface area (Å²) in [5, 5.41) is 5.62. The Bertz CT molecular complexity index is 969. The lowest BCUT2D eigenvalue weighted by molar-refractivity contribution is -0.139. The minimum atomic E-state index is -0.744. The lowest BCUT2D eigenvalue weighted by Crippen LogP contribution is -2.47. The summed E-state index contributed by atoms with van der Waals surface area (Å²) < 4.78 is 17.0.